The topological polar surface area (TPSA) is 15.3 Å². The maximum atomic E-state index is 3.78. The van der Waals surface area contributed by atoms with E-state index in [9.17, 15) is 0 Å². The Hall–Kier alpha value is -1.02. The molecule has 3 rings (SSSR count). The minimum absolute atomic E-state index is 0.608. The molecule has 2 unspecified atom stereocenters. The van der Waals surface area contributed by atoms with Gasteiger partial charge in [-0.15, -0.1) is 0 Å². The zero-order chi connectivity index (χ0) is 14.1. The number of piperazine rings is 1. The number of nitrogens with one attached hydrogen (secondary N) is 1. The summed E-state index contributed by atoms with van der Waals surface area (Å²) in [5.74, 6) is 1.54. The molecule has 0 bridgehead atoms. The summed E-state index contributed by atoms with van der Waals surface area (Å²) in [5.41, 5.74) is 2.88. The van der Waals surface area contributed by atoms with Crippen LogP contribution in [-0.2, 0) is 0 Å². The average Bonchev–Trinajstić information content (AvgIpc) is 3.31. The van der Waals surface area contributed by atoms with Crippen LogP contribution in [0.1, 0.15) is 51.5 Å². The molecule has 1 aromatic rings. The van der Waals surface area contributed by atoms with E-state index in [0.29, 0.717) is 18.0 Å². The third-order valence-corrected chi connectivity index (χ3v) is 4.98. The van der Waals surface area contributed by atoms with Gasteiger partial charge in [-0.05, 0) is 48.8 Å². The molecule has 2 nitrogen and oxygen atoms in total. The predicted molar refractivity (Wildman–Crippen MR) is 86.5 cm³/mol. The third-order valence-electron chi connectivity index (χ3n) is 4.98. The van der Waals surface area contributed by atoms with Crippen LogP contribution in [0, 0.1) is 5.92 Å². The molecule has 1 saturated carbocycles. The van der Waals surface area contributed by atoms with Gasteiger partial charge in [0.2, 0.25) is 0 Å². The van der Waals surface area contributed by atoms with Gasteiger partial charge in [0, 0.05) is 30.9 Å². The van der Waals surface area contributed by atoms with E-state index < -0.39 is 0 Å². The third kappa shape index (κ3) is 2.85. The zero-order valence-corrected chi connectivity index (χ0v) is 13.1. The number of hydrogen-bond acceptors (Lipinski definition) is 2. The van der Waals surface area contributed by atoms with E-state index in [2.05, 4.69) is 55.3 Å². The molecular weight excluding hydrogens is 244 g/mol. The van der Waals surface area contributed by atoms with Gasteiger partial charge in [0.25, 0.3) is 0 Å². The molecular formula is C18H28N2. The van der Waals surface area contributed by atoms with Crippen LogP contribution in [0.5, 0.6) is 0 Å². The molecule has 2 aliphatic rings. The van der Waals surface area contributed by atoms with Crippen molar-refractivity contribution < 1.29 is 0 Å². The van der Waals surface area contributed by atoms with Crippen LogP contribution in [0.25, 0.3) is 0 Å². The fourth-order valence-electron chi connectivity index (χ4n) is 3.38. The van der Waals surface area contributed by atoms with Gasteiger partial charge in [0.05, 0.1) is 0 Å². The van der Waals surface area contributed by atoms with Crippen LogP contribution in [-0.4, -0.2) is 25.2 Å². The maximum absolute atomic E-state index is 3.78. The smallest absolute Gasteiger partial charge is 0.0412 e. The Morgan fingerprint density at radius 1 is 1.30 bits per heavy atom. The molecule has 2 atom stereocenters. The van der Waals surface area contributed by atoms with Crippen molar-refractivity contribution in [2.45, 2.75) is 58.0 Å². The van der Waals surface area contributed by atoms with Crippen molar-refractivity contribution in [3.63, 3.8) is 0 Å². The molecule has 1 N–H and O–H groups in total. The molecule has 1 saturated heterocycles. The molecule has 1 aliphatic carbocycles. The van der Waals surface area contributed by atoms with Crippen LogP contribution in [0.3, 0.4) is 0 Å². The highest BCUT2D eigenvalue weighted by molar-refractivity contribution is 5.51. The molecule has 2 heteroatoms. The fraction of sp³-hybridized carbons (Fsp3) is 0.667. The Morgan fingerprint density at radius 3 is 2.75 bits per heavy atom. The van der Waals surface area contributed by atoms with Gasteiger partial charge in [-0.2, -0.15) is 0 Å². The van der Waals surface area contributed by atoms with Crippen molar-refractivity contribution >= 4 is 5.69 Å². The van der Waals surface area contributed by atoms with Gasteiger partial charge in [-0.3, -0.25) is 0 Å². The van der Waals surface area contributed by atoms with Crippen LogP contribution in [0.2, 0.25) is 0 Å². The Labute approximate surface area is 123 Å². The minimum atomic E-state index is 0.608. The van der Waals surface area contributed by atoms with Gasteiger partial charge in [-0.1, -0.05) is 32.9 Å². The van der Waals surface area contributed by atoms with Crippen LogP contribution in [0.15, 0.2) is 24.3 Å². The summed E-state index contributed by atoms with van der Waals surface area (Å²) in [7, 11) is 0. The summed E-state index contributed by atoms with van der Waals surface area (Å²) in [6.45, 7) is 9.19. The van der Waals surface area contributed by atoms with Gasteiger partial charge < -0.3 is 10.2 Å². The highest BCUT2D eigenvalue weighted by atomic mass is 15.2. The Bertz CT molecular complexity index is 450. The summed E-state index contributed by atoms with van der Waals surface area (Å²) < 4.78 is 0. The van der Waals surface area contributed by atoms with E-state index in [4.69, 9.17) is 0 Å². The highest BCUT2D eigenvalue weighted by Gasteiger charge is 2.36. The first-order chi connectivity index (χ1) is 9.69. The highest BCUT2D eigenvalue weighted by Crippen LogP contribution is 2.36. The lowest BCUT2D eigenvalue weighted by Gasteiger charge is -2.42. The molecule has 0 radical (unpaired) electrons. The first kappa shape index (κ1) is 13.9. The fourth-order valence-corrected chi connectivity index (χ4v) is 3.38. The van der Waals surface area contributed by atoms with Gasteiger partial charge >= 0.3 is 0 Å². The summed E-state index contributed by atoms with van der Waals surface area (Å²) in [4.78, 5) is 2.66. The molecule has 0 aromatic heterocycles. The van der Waals surface area contributed by atoms with Crippen molar-refractivity contribution in [2.24, 2.45) is 5.92 Å². The summed E-state index contributed by atoms with van der Waals surface area (Å²) in [6, 6.07) is 10.5. The van der Waals surface area contributed by atoms with Crippen LogP contribution < -0.4 is 10.2 Å². The van der Waals surface area contributed by atoms with Gasteiger partial charge in [-0.25, -0.2) is 0 Å². The molecule has 1 aromatic carbocycles. The lowest BCUT2D eigenvalue weighted by molar-refractivity contribution is 0.360. The van der Waals surface area contributed by atoms with Crippen molar-refractivity contribution in [2.75, 3.05) is 18.0 Å². The monoisotopic (exact) mass is 272 g/mol. The second-order valence-electron chi connectivity index (χ2n) is 6.82. The van der Waals surface area contributed by atoms with E-state index >= 15 is 0 Å². The van der Waals surface area contributed by atoms with E-state index in [1.54, 1.807) is 0 Å². The maximum Gasteiger partial charge on any atom is 0.0412 e. The molecule has 1 aliphatic heterocycles. The van der Waals surface area contributed by atoms with E-state index in [-0.39, 0.29) is 0 Å². The van der Waals surface area contributed by atoms with Gasteiger partial charge in [0.1, 0.15) is 0 Å². The van der Waals surface area contributed by atoms with Crippen molar-refractivity contribution in [3.8, 4) is 0 Å². The standard InChI is InChI=1S/C18H28N2/c1-4-16-11-19-18(14-8-9-14)12-20(16)17-7-5-6-15(10-17)13(2)3/h5-7,10,13-14,16,18-19H,4,8-9,11-12H2,1-3H3. The SMILES string of the molecule is CCC1CNC(C2CC2)CN1c1cccc(C(C)C)c1. The van der Waals surface area contributed by atoms with Crippen molar-refractivity contribution in [1.82, 2.24) is 5.32 Å². The molecule has 1 heterocycles. The number of rotatable bonds is 4. The Morgan fingerprint density at radius 2 is 2.10 bits per heavy atom. The molecule has 20 heavy (non-hydrogen) atoms. The second-order valence-corrected chi connectivity index (χ2v) is 6.82. The minimum Gasteiger partial charge on any atom is -0.366 e. The van der Waals surface area contributed by atoms with Crippen molar-refractivity contribution in [1.29, 1.82) is 0 Å². The number of nitrogens with zero attached hydrogens (tertiary/aromatic N) is 1. The first-order valence-corrected chi connectivity index (χ1v) is 8.29. The van der Waals surface area contributed by atoms with Crippen LogP contribution in [0.4, 0.5) is 5.69 Å². The molecule has 0 amide bonds. The molecule has 110 valence electrons. The quantitative estimate of drug-likeness (QED) is 0.897. The van der Waals surface area contributed by atoms with Gasteiger partial charge in [0.15, 0.2) is 0 Å². The Kier molecular flexibility index (Phi) is 4.02. The first-order valence-electron chi connectivity index (χ1n) is 8.29. The zero-order valence-electron chi connectivity index (χ0n) is 13.1. The average molecular weight is 272 g/mol. The van der Waals surface area contributed by atoms with E-state index in [1.165, 1.54) is 37.1 Å². The van der Waals surface area contributed by atoms with Crippen molar-refractivity contribution in [3.05, 3.63) is 29.8 Å². The van der Waals surface area contributed by atoms with E-state index in [0.717, 1.165) is 12.5 Å². The summed E-state index contributed by atoms with van der Waals surface area (Å²) in [6.07, 6.45) is 4.07. The number of hydrogen-bond donors (Lipinski definition) is 1. The van der Waals surface area contributed by atoms with E-state index in [1.807, 2.05) is 0 Å². The normalized spacial score (nSPS) is 27.1. The molecule has 2 fully saturated rings. The lowest BCUT2D eigenvalue weighted by atomic mass is 9.99. The number of benzene rings is 1. The largest absolute Gasteiger partial charge is 0.366 e. The molecule has 0 spiro atoms. The predicted octanol–water partition coefficient (Wildman–Crippen LogP) is 3.78. The summed E-state index contributed by atoms with van der Waals surface area (Å²) in [5, 5.41) is 3.78. The Balaban J connectivity index is 1.82. The second kappa shape index (κ2) is 5.77. The number of anilines is 1. The summed E-state index contributed by atoms with van der Waals surface area (Å²) >= 11 is 0. The lowest BCUT2D eigenvalue weighted by Crippen LogP contribution is -2.57. The van der Waals surface area contributed by atoms with Crippen LogP contribution >= 0.6 is 0 Å².